The summed E-state index contributed by atoms with van der Waals surface area (Å²) >= 11 is 0. The van der Waals surface area contributed by atoms with Crippen LogP contribution < -0.4 is 0 Å². The molecule has 0 aromatic heterocycles. The number of sulfonamides is 1. The minimum Gasteiger partial charge on any atom is -0.340 e. The summed E-state index contributed by atoms with van der Waals surface area (Å²) in [7, 11) is -4.19. The number of Topliss-reactive ketones (excluding diaryl/α,β-unsaturated/α-hetero) is 1. The van der Waals surface area contributed by atoms with Crippen molar-refractivity contribution in [3.8, 4) is 0 Å². The number of piperazine rings is 1. The molecule has 1 saturated carbocycles. The molecule has 33 heavy (non-hydrogen) atoms. The van der Waals surface area contributed by atoms with Gasteiger partial charge >= 0.3 is 6.18 Å². The predicted molar refractivity (Wildman–Crippen MR) is 109 cm³/mol. The molecular weight excluding hydrogens is 467 g/mol. The van der Waals surface area contributed by atoms with Crippen molar-refractivity contribution < 1.29 is 36.1 Å². The van der Waals surface area contributed by atoms with E-state index >= 15 is 0 Å². The summed E-state index contributed by atoms with van der Waals surface area (Å²) in [6.45, 7) is 1.14. The van der Waals surface area contributed by atoms with E-state index in [0.717, 1.165) is 22.5 Å². The number of nitrogens with zero attached hydrogens (tertiary/aromatic N) is 3. The van der Waals surface area contributed by atoms with Crippen LogP contribution in [-0.4, -0.2) is 67.0 Å². The van der Waals surface area contributed by atoms with Gasteiger partial charge in [-0.25, -0.2) is 8.42 Å². The van der Waals surface area contributed by atoms with Crippen molar-refractivity contribution in [1.29, 1.82) is 0 Å². The molecule has 0 radical (unpaired) electrons. The van der Waals surface area contributed by atoms with E-state index in [9.17, 15) is 41.3 Å². The van der Waals surface area contributed by atoms with Crippen LogP contribution >= 0.6 is 0 Å². The number of ketones is 1. The van der Waals surface area contributed by atoms with Gasteiger partial charge in [0.15, 0.2) is 0 Å². The summed E-state index contributed by atoms with van der Waals surface area (Å²) in [6.07, 6.45) is -4.68. The first-order chi connectivity index (χ1) is 15.3. The van der Waals surface area contributed by atoms with Gasteiger partial charge < -0.3 is 4.90 Å². The van der Waals surface area contributed by atoms with Crippen LogP contribution in [0.3, 0.4) is 0 Å². The Morgan fingerprint density at radius 1 is 1.21 bits per heavy atom. The molecule has 0 unspecified atom stereocenters. The van der Waals surface area contributed by atoms with Crippen LogP contribution in [0.1, 0.15) is 25.3 Å². The van der Waals surface area contributed by atoms with Crippen LogP contribution in [-0.2, 0) is 25.8 Å². The van der Waals surface area contributed by atoms with Gasteiger partial charge in [-0.05, 0) is 24.1 Å². The van der Waals surface area contributed by atoms with Gasteiger partial charge in [0.2, 0.25) is 22.5 Å². The second-order valence-corrected chi connectivity index (χ2v) is 10.4. The number of rotatable bonds is 6. The monoisotopic (exact) mass is 491 g/mol. The van der Waals surface area contributed by atoms with Gasteiger partial charge in [0.05, 0.1) is 10.5 Å². The van der Waals surface area contributed by atoms with E-state index in [1.165, 1.54) is 4.90 Å². The number of nitro groups is 1. The molecule has 13 heteroatoms. The second-order valence-electron chi connectivity index (χ2n) is 8.45. The molecule has 2 aliphatic rings. The van der Waals surface area contributed by atoms with Crippen molar-refractivity contribution >= 4 is 21.7 Å². The number of benzene rings is 1. The lowest BCUT2D eigenvalue weighted by Gasteiger charge is -2.34. The molecule has 1 aliphatic carbocycles. The maximum absolute atomic E-state index is 12.9. The first-order valence-electron chi connectivity index (χ1n) is 10.4. The fraction of sp³-hybridized carbons (Fsp3) is 0.600. The van der Waals surface area contributed by atoms with E-state index in [1.807, 2.05) is 0 Å². The fourth-order valence-electron chi connectivity index (χ4n) is 4.48. The second kappa shape index (κ2) is 9.37. The Morgan fingerprint density at radius 2 is 1.85 bits per heavy atom. The van der Waals surface area contributed by atoms with Crippen molar-refractivity contribution in [1.82, 2.24) is 9.21 Å². The molecule has 0 N–H and O–H groups in total. The number of hydrogen-bond donors (Lipinski definition) is 0. The minimum absolute atomic E-state index is 0.00733. The maximum atomic E-state index is 12.9. The number of amides is 1. The molecule has 0 bridgehead atoms. The smallest absolute Gasteiger partial charge is 0.340 e. The van der Waals surface area contributed by atoms with Crippen LogP contribution in [0.2, 0.25) is 0 Å². The molecule has 1 saturated heterocycles. The SMILES string of the molecule is C[C@@H]1CC(=O)[C@@H](CC(=O)N2CCN(S(=O)(=O)c3cccc(C(F)(F)F)c3)CC2)[C@H]1C[N+](=O)[O-]. The lowest BCUT2D eigenvalue weighted by atomic mass is 9.87. The van der Waals surface area contributed by atoms with Gasteiger partial charge in [0.1, 0.15) is 5.78 Å². The van der Waals surface area contributed by atoms with Gasteiger partial charge in [-0.2, -0.15) is 17.5 Å². The van der Waals surface area contributed by atoms with E-state index < -0.39 is 55.9 Å². The van der Waals surface area contributed by atoms with Crippen molar-refractivity contribution in [2.45, 2.75) is 30.8 Å². The molecule has 182 valence electrons. The molecular formula is C20H24F3N3O6S. The van der Waals surface area contributed by atoms with Gasteiger partial charge in [0.25, 0.3) is 0 Å². The molecule has 1 aromatic rings. The van der Waals surface area contributed by atoms with Crippen molar-refractivity contribution in [3.05, 3.63) is 39.9 Å². The quantitative estimate of drug-likeness (QED) is 0.444. The lowest BCUT2D eigenvalue weighted by molar-refractivity contribution is -0.490. The summed E-state index contributed by atoms with van der Waals surface area (Å²) in [6, 6.07) is 3.48. The van der Waals surface area contributed by atoms with Crippen molar-refractivity contribution in [2.24, 2.45) is 17.8 Å². The average Bonchev–Trinajstić information content (AvgIpc) is 2.99. The van der Waals surface area contributed by atoms with Crippen LogP contribution in [0, 0.1) is 27.9 Å². The molecule has 1 heterocycles. The van der Waals surface area contributed by atoms with Gasteiger partial charge in [-0.3, -0.25) is 19.7 Å². The Morgan fingerprint density at radius 3 is 2.42 bits per heavy atom. The standard InChI is InChI=1S/C20H24F3N3O6S/c1-13-9-18(27)16(17(13)12-26(29)30)11-19(28)24-5-7-25(8-6-24)33(31,32)15-4-2-3-14(10-15)20(21,22)23/h2-4,10,13,16-17H,5-9,11-12H2,1H3/t13-,16+,17+/m1/s1. The first kappa shape index (κ1) is 25.1. The largest absolute Gasteiger partial charge is 0.416 e. The highest BCUT2D eigenvalue weighted by molar-refractivity contribution is 7.89. The molecule has 9 nitrogen and oxygen atoms in total. The third-order valence-electron chi connectivity index (χ3n) is 6.33. The third-order valence-corrected chi connectivity index (χ3v) is 8.22. The number of carbonyl (C=O) groups excluding carboxylic acids is 2. The third kappa shape index (κ3) is 5.52. The van der Waals surface area contributed by atoms with Crippen LogP contribution in [0.4, 0.5) is 13.2 Å². The summed E-state index contributed by atoms with van der Waals surface area (Å²) in [5.74, 6) is -2.06. The van der Waals surface area contributed by atoms with Crippen molar-refractivity contribution in [3.63, 3.8) is 0 Å². The Bertz CT molecular complexity index is 1040. The molecule has 1 amide bonds. The highest BCUT2D eigenvalue weighted by atomic mass is 32.2. The summed E-state index contributed by atoms with van der Waals surface area (Å²) in [5, 5.41) is 10.9. The Labute approximate surface area is 188 Å². The normalized spacial score (nSPS) is 24.8. The van der Waals surface area contributed by atoms with Gasteiger partial charge in [-0.15, -0.1) is 0 Å². The summed E-state index contributed by atoms with van der Waals surface area (Å²) in [4.78, 5) is 36.4. The number of alkyl halides is 3. The van der Waals surface area contributed by atoms with Crippen LogP contribution in [0.15, 0.2) is 29.2 Å². The number of halogens is 3. The molecule has 0 spiro atoms. The predicted octanol–water partition coefficient (Wildman–Crippen LogP) is 2.05. The van der Waals surface area contributed by atoms with E-state index in [-0.39, 0.29) is 50.7 Å². The lowest BCUT2D eigenvalue weighted by Crippen LogP contribution is -2.51. The Kier molecular flexibility index (Phi) is 7.13. The molecule has 3 atom stereocenters. The van der Waals surface area contributed by atoms with Gasteiger partial charge in [0, 0.05) is 55.8 Å². The van der Waals surface area contributed by atoms with Gasteiger partial charge in [-0.1, -0.05) is 13.0 Å². The molecule has 2 fully saturated rings. The van der Waals surface area contributed by atoms with Crippen LogP contribution in [0.5, 0.6) is 0 Å². The van der Waals surface area contributed by atoms with E-state index in [2.05, 4.69) is 0 Å². The number of carbonyl (C=O) groups is 2. The summed E-state index contributed by atoms with van der Waals surface area (Å²) in [5.41, 5.74) is -1.07. The highest BCUT2D eigenvalue weighted by Crippen LogP contribution is 2.37. The number of hydrogen-bond acceptors (Lipinski definition) is 6. The Hall–Kier alpha value is -2.54. The minimum atomic E-state index is -4.68. The molecule has 3 rings (SSSR count). The van der Waals surface area contributed by atoms with Crippen LogP contribution in [0.25, 0.3) is 0 Å². The van der Waals surface area contributed by atoms with E-state index in [0.29, 0.717) is 6.07 Å². The zero-order chi connectivity index (χ0) is 24.6. The average molecular weight is 491 g/mol. The molecule has 1 aliphatic heterocycles. The first-order valence-corrected chi connectivity index (χ1v) is 11.8. The summed E-state index contributed by atoms with van der Waals surface area (Å²) < 4.78 is 65.4. The highest BCUT2D eigenvalue weighted by Gasteiger charge is 2.44. The van der Waals surface area contributed by atoms with Crippen molar-refractivity contribution in [2.75, 3.05) is 32.7 Å². The fourth-order valence-corrected chi connectivity index (χ4v) is 5.95. The Balaban J connectivity index is 1.64. The molecule has 1 aromatic carbocycles. The topological polar surface area (TPSA) is 118 Å². The van der Waals surface area contributed by atoms with E-state index in [1.54, 1.807) is 6.92 Å². The zero-order valence-electron chi connectivity index (χ0n) is 17.8. The maximum Gasteiger partial charge on any atom is 0.416 e. The zero-order valence-corrected chi connectivity index (χ0v) is 18.6. The van der Waals surface area contributed by atoms with E-state index in [4.69, 9.17) is 0 Å².